The highest BCUT2D eigenvalue weighted by Crippen LogP contribution is 2.37. The number of halogens is 1. The van der Waals surface area contributed by atoms with Gasteiger partial charge in [0.25, 0.3) is 0 Å². The van der Waals surface area contributed by atoms with Crippen LogP contribution in [0.3, 0.4) is 0 Å². The van der Waals surface area contributed by atoms with E-state index in [9.17, 15) is 9.18 Å². The summed E-state index contributed by atoms with van der Waals surface area (Å²) in [6.45, 7) is 2.11. The van der Waals surface area contributed by atoms with E-state index in [-0.39, 0.29) is 17.8 Å². The SMILES string of the molecule is O=C(CNC1CCSc2c(F)cccc21)N1CCCCC1. The number of carbonyl (C=O) groups excluding carboxylic acids is 1. The maximum Gasteiger partial charge on any atom is 0.236 e. The molecule has 2 aliphatic rings. The van der Waals surface area contributed by atoms with E-state index in [0.717, 1.165) is 48.6 Å². The number of amides is 1. The molecule has 1 unspecified atom stereocenters. The van der Waals surface area contributed by atoms with Crippen LogP contribution in [0.1, 0.15) is 37.3 Å². The Hall–Kier alpha value is -1.07. The molecule has 1 aromatic carbocycles. The average Bonchev–Trinajstić information content (AvgIpc) is 2.54. The summed E-state index contributed by atoms with van der Waals surface area (Å²) in [5.74, 6) is 0.918. The molecule has 3 nitrogen and oxygen atoms in total. The second kappa shape index (κ2) is 6.79. The molecule has 0 bridgehead atoms. The van der Waals surface area contributed by atoms with Gasteiger partial charge in [-0.3, -0.25) is 4.79 Å². The molecule has 0 radical (unpaired) electrons. The summed E-state index contributed by atoms with van der Waals surface area (Å²) < 4.78 is 13.8. The van der Waals surface area contributed by atoms with Crippen LogP contribution in [0.15, 0.2) is 23.1 Å². The quantitative estimate of drug-likeness (QED) is 0.932. The molecule has 2 aliphatic heterocycles. The summed E-state index contributed by atoms with van der Waals surface area (Å²) in [4.78, 5) is 14.9. The topological polar surface area (TPSA) is 32.3 Å². The molecular weight excluding hydrogens is 287 g/mol. The number of piperidine rings is 1. The third kappa shape index (κ3) is 3.40. The molecule has 0 saturated carbocycles. The Bertz CT molecular complexity index is 517. The highest BCUT2D eigenvalue weighted by atomic mass is 32.2. The summed E-state index contributed by atoms with van der Waals surface area (Å²) in [7, 11) is 0. The Balaban J connectivity index is 1.61. The minimum absolute atomic E-state index is 0.0886. The zero-order valence-electron chi connectivity index (χ0n) is 12.1. The van der Waals surface area contributed by atoms with Gasteiger partial charge in [0.05, 0.1) is 6.54 Å². The molecule has 5 heteroatoms. The average molecular weight is 308 g/mol. The van der Waals surface area contributed by atoms with Crippen LogP contribution < -0.4 is 5.32 Å². The molecule has 1 saturated heterocycles. The Morgan fingerprint density at radius 3 is 2.95 bits per heavy atom. The van der Waals surface area contributed by atoms with Gasteiger partial charge in [-0.2, -0.15) is 0 Å². The number of nitrogens with one attached hydrogen (secondary N) is 1. The molecule has 1 N–H and O–H groups in total. The van der Waals surface area contributed by atoms with Gasteiger partial charge >= 0.3 is 0 Å². The number of benzene rings is 1. The van der Waals surface area contributed by atoms with Crippen molar-refractivity contribution in [3.8, 4) is 0 Å². The lowest BCUT2D eigenvalue weighted by molar-refractivity contribution is -0.131. The van der Waals surface area contributed by atoms with E-state index in [1.165, 1.54) is 12.5 Å². The smallest absolute Gasteiger partial charge is 0.236 e. The second-order valence-corrected chi connectivity index (χ2v) is 6.78. The Labute approximate surface area is 129 Å². The van der Waals surface area contributed by atoms with E-state index in [0.29, 0.717) is 6.54 Å². The first-order valence-electron chi connectivity index (χ1n) is 7.68. The van der Waals surface area contributed by atoms with Gasteiger partial charge < -0.3 is 10.2 Å². The Morgan fingerprint density at radius 2 is 2.14 bits per heavy atom. The van der Waals surface area contributed by atoms with Crippen LogP contribution in [0.25, 0.3) is 0 Å². The largest absolute Gasteiger partial charge is 0.342 e. The van der Waals surface area contributed by atoms with Crippen LogP contribution in [-0.4, -0.2) is 36.2 Å². The summed E-state index contributed by atoms with van der Waals surface area (Å²) in [6.07, 6.45) is 4.39. The monoisotopic (exact) mass is 308 g/mol. The molecule has 1 atom stereocenters. The molecule has 114 valence electrons. The van der Waals surface area contributed by atoms with Crippen molar-refractivity contribution in [3.05, 3.63) is 29.6 Å². The normalized spacial score (nSPS) is 22.0. The van der Waals surface area contributed by atoms with Crippen molar-refractivity contribution >= 4 is 17.7 Å². The van der Waals surface area contributed by atoms with Crippen LogP contribution >= 0.6 is 11.8 Å². The van der Waals surface area contributed by atoms with Gasteiger partial charge in [-0.15, -0.1) is 11.8 Å². The first-order valence-corrected chi connectivity index (χ1v) is 8.66. The molecule has 1 amide bonds. The molecular formula is C16H21FN2OS. The van der Waals surface area contributed by atoms with Crippen LogP contribution in [0, 0.1) is 5.82 Å². The van der Waals surface area contributed by atoms with Crippen molar-refractivity contribution in [2.75, 3.05) is 25.4 Å². The molecule has 0 aliphatic carbocycles. The number of nitrogens with zero attached hydrogens (tertiary/aromatic N) is 1. The van der Waals surface area contributed by atoms with E-state index in [4.69, 9.17) is 0 Å². The first kappa shape index (κ1) is 14.9. The maximum atomic E-state index is 13.8. The number of rotatable bonds is 3. The fourth-order valence-corrected chi connectivity index (χ4v) is 4.20. The molecule has 1 aromatic rings. The number of thioether (sulfide) groups is 1. The lowest BCUT2D eigenvalue weighted by atomic mass is 10.0. The van der Waals surface area contributed by atoms with Gasteiger partial charge in [0.15, 0.2) is 0 Å². The number of likely N-dealkylation sites (tertiary alicyclic amines) is 1. The van der Waals surface area contributed by atoms with Gasteiger partial charge in [0.2, 0.25) is 5.91 Å². The summed E-state index contributed by atoms with van der Waals surface area (Å²) >= 11 is 1.57. The second-order valence-electron chi connectivity index (χ2n) is 5.67. The Kier molecular flexibility index (Phi) is 4.80. The summed E-state index contributed by atoms with van der Waals surface area (Å²) in [5, 5.41) is 3.33. The molecule has 0 spiro atoms. The lowest BCUT2D eigenvalue weighted by Crippen LogP contribution is -2.42. The zero-order valence-corrected chi connectivity index (χ0v) is 12.9. The zero-order chi connectivity index (χ0) is 14.7. The predicted octanol–water partition coefficient (Wildman–Crippen LogP) is 2.96. The van der Waals surface area contributed by atoms with Crippen molar-refractivity contribution < 1.29 is 9.18 Å². The number of hydrogen-bond donors (Lipinski definition) is 1. The molecule has 0 aromatic heterocycles. The fraction of sp³-hybridized carbons (Fsp3) is 0.562. The van der Waals surface area contributed by atoms with E-state index in [1.54, 1.807) is 17.8 Å². The highest BCUT2D eigenvalue weighted by molar-refractivity contribution is 7.99. The van der Waals surface area contributed by atoms with Crippen LogP contribution in [0.5, 0.6) is 0 Å². The van der Waals surface area contributed by atoms with E-state index < -0.39 is 0 Å². The third-order valence-electron chi connectivity index (χ3n) is 4.23. The number of hydrogen-bond acceptors (Lipinski definition) is 3. The standard InChI is InChI=1S/C16H21FN2OS/c17-13-6-4-5-12-14(7-10-21-16(12)13)18-11-15(20)19-8-2-1-3-9-19/h4-6,14,18H,1-3,7-11H2. The van der Waals surface area contributed by atoms with Gasteiger partial charge in [0.1, 0.15) is 5.82 Å². The minimum atomic E-state index is -0.147. The van der Waals surface area contributed by atoms with E-state index in [2.05, 4.69) is 5.32 Å². The van der Waals surface area contributed by atoms with Gasteiger partial charge in [0, 0.05) is 24.0 Å². The summed E-state index contributed by atoms with van der Waals surface area (Å²) in [6, 6.07) is 5.31. The van der Waals surface area contributed by atoms with Gasteiger partial charge in [-0.25, -0.2) is 4.39 Å². The lowest BCUT2D eigenvalue weighted by Gasteiger charge is -2.29. The molecule has 3 rings (SSSR count). The highest BCUT2D eigenvalue weighted by Gasteiger charge is 2.24. The number of fused-ring (bicyclic) bond motifs is 1. The van der Waals surface area contributed by atoms with Crippen molar-refractivity contribution in [2.45, 2.75) is 36.6 Å². The maximum absolute atomic E-state index is 13.8. The number of carbonyl (C=O) groups is 1. The van der Waals surface area contributed by atoms with Crippen LogP contribution in [0.4, 0.5) is 4.39 Å². The molecule has 21 heavy (non-hydrogen) atoms. The molecule has 1 fully saturated rings. The van der Waals surface area contributed by atoms with E-state index in [1.807, 2.05) is 11.0 Å². The third-order valence-corrected chi connectivity index (χ3v) is 5.39. The van der Waals surface area contributed by atoms with Crippen molar-refractivity contribution in [2.24, 2.45) is 0 Å². The van der Waals surface area contributed by atoms with Crippen molar-refractivity contribution in [1.29, 1.82) is 0 Å². The Morgan fingerprint density at radius 1 is 1.33 bits per heavy atom. The van der Waals surface area contributed by atoms with Crippen molar-refractivity contribution in [1.82, 2.24) is 10.2 Å². The molecule has 2 heterocycles. The predicted molar refractivity (Wildman–Crippen MR) is 82.9 cm³/mol. The van der Waals surface area contributed by atoms with Crippen LogP contribution in [0.2, 0.25) is 0 Å². The summed E-state index contributed by atoms with van der Waals surface area (Å²) in [5.41, 5.74) is 0.998. The van der Waals surface area contributed by atoms with Gasteiger partial charge in [-0.1, -0.05) is 12.1 Å². The van der Waals surface area contributed by atoms with Gasteiger partial charge in [-0.05, 0) is 43.1 Å². The van der Waals surface area contributed by atoms with E-state index >= 15 is 0 Å². The fourth-order valence-electron chi connectivity index (χ4n) is 3.06. The first-order chi connectivity index (χ1) is 10.3. The minimum Gasteiger partial charge on any atom is -0.342 e. The van der Waals surface area contributed by atoms with Crippen molar-refractivity contribution in [3.63, 3.8) is 0 Å². The van der Waals surface area contributed by atoms with Crippen LogP contribution in [-0.2, 0) is 4.79 Å².